The Morgan fingerprint density at radius 3 is 2.85 bits per heavy atom. The highest BCUT2D eigenvalue weighted by Crippen LogP contribution is 2.27. The number of β-amino-alcohol motifs (C(OH)–C–C–N with tert-alkyl or cyclic N) is 1. The van der Waals surface area contributed by atoms with Crippen molar-refractivity contribution in [2.24, 2.45) is 0 Å². The first-order chi connectivity index (χ1) is 9.46. The molecule has 1 aromatic rings. The van der Waals surface area contributed by atoms with Crippen LogP contribution < -0.4 is 0 Å². The summed E-state index contributed by atoms with van der Waals surface area (Å²) in [6.07, 6.45) is 6.38. The maximum absolute atomic E-state index is 10.3. The van der Waals surface area contributed by atoms with Crippen LogP contribution in [0, 0.1) is 0 Å². The minimum atomic E-state index is -0.696. The highest BCUT2D eigenvalue weighted by atomic mass is 16.4. The molecule has 2 unspecified atom stereocenters. The Hall–Kier alpha value is -0.840. The molecule has 1 fully saturated rings. The standard InChI is InChI=1S/C16H27NO3/c1-16(2,19)12-17-9-5-3-4-7-13(17)11-14(18)15-8-6-10-20-15/h6,8,10,13-14,18-19H,3-5,7,9,11-12H2,1-2H3. The molecule has 2 rings (SSSR count). The van der Waals surface area contributed by atoms with Gasteiger partial charge in [0, 0.05) is 12.6 Å². The average Bonchev–Trinajstić information content (AvgIpc) is 2.80. The van der Waals surface area contributed by atoms with Crippen LogP contribution in [0.2, 0.25) is 0 Å². The molecule has 1 aromatic heterocycles. The fraction of sp³-hybridized carbons (Fsp3) is 0.750. The van der Waals surface area contributed by atoms with Crippen LogP contribution in [-0.4, -0.2) is 39.8 Å². The van der Waals surface area contributed by atoms with E-state index in [1.54, 1.807) is 12.3 Å². The van der Waals surface area contributed by atoms with Gasteiger partial charge in [0.15, 0.2) is 0 Å². The maximum atomic E-state index is 10.3. The number of hydrogen-bond donors (Lipinski definition) is 2. The molecule has 0 aromatic carbocycles. The minimum absolute atomic E-state index is 0.309. The van der Waals surface area contributed by atoms with E-state index in [1.807, 2.05) is 19.9 Å². The fourth-order valence-electron chi connectivity index (χ4n) is 3.06. The van der Waals surface area contributed by atoms with E-state index in [0.717, 1.165) is 13.0 Å². The van der Waals surface area contributed by atoms with Crippen LogP contribution in [-0.2, 0) is 0 Å². The molecule has 0 saturated carbocycles. The van der Waals surface area contributed by atoms with Crippen LogP contribution >= 0.6 is 0 Å². The Kier molecular flexibility index (Phi) is 5.24. The molecule has 1 aliphatic rings. The lowest BCUT2D eigenvalue weighted by Gasteiger charge is -2.35. The number of nitrogens with zero attached hydrogens (tertiary/aromatic N) is 1. The second kappa shape index (κ2) is 6.74. The van der Waals surface area contributed by atoms with Crippen molar-refractivity contribution < 1.29 is 14.6 Å². The SMILES string of the molecule is CC(C)(O)CN1CCCCCC1CC(O)c1ccco1. The predicted molar refractivity (Wildman–Crippen MR) is 78.4 cm³/mol. The van der Waals surface area contributed by atoms with Gasteiger partial charge in [-0.25, -0.2) is 0 Å². The van der Waals surface area contributed by atoms with Crippen LogP contribution in [0.1, 0.15) is 57.8 Å². The molecule has 1 aliphatic heterocycles. The first kappa shape index (κ1) is 15.5. The van der Waals surface area contributed by atoms with E-state index in [2.05, 4.69) is 4.90 Å². The Bertz CT molecular complexity index is 383. The zero-order valence-corrected chi connectivity index (χ0v) is 12.6. The molecule has 4 nitrogen and oxygen atoms in total. The number of rotatable bonds is 5. The molecule has 4 heteroatoms. The van der Waals surface area contributed by atoms with E-state index in [1.165, 1.54) is 19.3 Å². The Morgan fingerprint density at radius 1 is 1.40 bits per heavy atom. The van der Waals surface area contributed by atoms with Crippen molar-refractivity contribution in [3.05, 3.63) is 24.2 Å². The van der Waals surface area contributed by atoms with Crippen LogP contribution in [0.4, 0.5) is 0 Å². The molecule has 2 atom stereocenters. The molecule has 1 saturated heterocycles. The Balaban J connectivity index is 2.00. The van der Waals surface area contributed by atoms with Gasteiger partial charge in [0.1, 0.15) is 11.9 Å². The molecule has 0 amide bonds. The lowest BCUT2D eigenvalue weighted by molar-refractivity contribution is 0.00829. The molecule has 0 radical (unpaired) electrons. The lowest BCUT2D eigenvalue weighted by atomic mass is 10.00. The minimum Gasteiger partial charge on any atom is -0.467 e. The molecule has 2 N–H and O–H groups in total. The van der Waals surface area contributed by atoms with Crippen LogP contribution in [0.3, 0.4) is 0 Å². The average molecular weight is 281 g/mol. The van der Waals surface area contributed by atoms with E-state index in [9.17, 15) is 10.2 Å². The van der Waals surface area contributed by atoms with E-state index >= 15 is 0 Å². The first-order valence-corrected chi connectivity index (χ1v) is 7.63. The van der Waals surface area contributed by atoms with E-state index in [4.69, 9.17) is 4.42 Å². The summed E-state index contributed by atoms with van der Waals surface area (Å²) < 4.78 is 5.29. The zero-order valence-electron chi connectivity index (χ0n) is 12.6. The smallest absolute Gasteiger partial charge is 0.132 e. The van der Waals surface area contributed by atoms with Crippen molar-refractivity contribution in [1.29, 1.82) is 0 Å². The third-order valence-corrected chi connectivity index (χ3v) is 3.96. The fourth-order valence-corrected chi connectivity index (χ4v) is 3.06. The van der Waals surface area contributed by atoms with Gasteiger partial charge in [0.05, 0.1) is 11.9 Å². The van der Waals surface area contributed by atoms with Crippen molar-refractivity contribution in [3.63, 3.8) is 0 Å². The second-order valence-electron chi connectivity index (χ2n) is 6.55. The van der Waals surface area contributed by atoms with Gasteiger partial charge < -0.3 is 14.6 Å². The van der Waals surface area contributed by atoms with E-state index in [0.29, 0.717) is 24.8 Å². The van der Waals surface area contributed by atoms with E-state index < -0.39 is 11.7 Å². The summed E-state index contributed by atoms with van der Waals surface area (Å²) in [5.74, 6) is 0.637. The zero-order chi connectivity index (χ0) is 14.6. The predicted octanol–water partition coefficient (Wildman–Crippen LogP) is 2.72. The highest BCUT2D eigenvalue weighted by molar-refractivity contribution is 5.02. The highest BCUT2D eigenvalue weighted by Gasteiger charge is 2.28. The van der Waals surface area contributed by atoms with Gasteiger partial charge in [0.2, 0.25) is 0 Å². The normalized spacial score (nSPS) is 23.5. The molecule has 20 heavy (non-hydrogen) atoms. The summed E-state index contributed by atoms with van der Waals surface area (Å²) in [6.45, 7) is 5.35. The second-order valence-corrected chi connectivity index (χ2v) is 6.55. The van der Waals surface area contributed by atoms with Gasteiger partial charge in [-0.05, 0) is 51.8 Å². The van der Waals surface area contributed by atoms with Gasteiger partial charge in [-0.15, -0.1) is 0 Å². The van der Waals surface area contributed by atoms with Crippen molar-refractivity contribution in [2.75, 3.05) is 13.1 Å². The quantitative estimate of drug-likeness (QED) is 0.871. The van der Waals surface area contributed by atoms with E-state index in [-0.39, 0.29) is 0 Å². The van der Waals surface area contributed by atoms with Gasteiger partial charge in [0.25, 0.3) is 0 Å². The number of furan rings is 1. The summed E-state index contributed by atoms with van der Waals surface area (Å²) in [5.41, 5.74) is -0.696. The number of aliphatic hydroxyl groups is 2. The van der Waals surface area contributed by atoms with Gasteiger partial charge in [-0.3, -0.25) is 4.90 Å². The summed E-state index contributed by atoms with van der Waals surface area (Å²) in [6, 6.07) is 3.94. The van der Waals surface area contributed by atoms with Crippen molar-refractivity contribution in [1.82, 2.24) is 4.90 Å². The monoisotopic (exact) mass is 281 g/mol. The van der Waals surface area contributed by atoms with Crippen LogP contribution in [0.25, 0.3) is 0 Å². The maximum Gasteiger partial charge on any atom is 0.132 e. The third-order valence-electron chi connectivity index (χ3n) is 3.96. The lowest BCUT2D eigenvalue weighted by Crippen LogP contribution is -2.44. The largest absolute Gasteiger partial charge is 0.467 e. The molecule has 0 aliphatic carbocycles. The summed E-state index contributed by atoms with van der Waals surface area (Å²) in [4.78, 5) is 2.33. The Morgan fingerprint density at radius 2 is 2.20 bits per heavy atom. The van der Waals surface area contributed by atoms with Crippen molar-refractivity contribution in [2.45, 2.75) is 63.7 Å². The topological polar surface area (TPSA) is 56.8 Å². The van der Waals surface area contributed by atoms with Crippen LogP contribution in [0.5, 0.6) is 0 Å². The Labute approximate surface area is 121 Å². The van der Waals surface area contributed by atoms with Crippen molar-refractivity contribution >= 4 is 0 Å². The molecule has 0 bridgehead atoms. The van der Waals surface area contributed by atoms with Crippen molar-refractivity contribution in [3.8, 4) is 0 Å². The first-order valence-electron chi connectivity index (χ1n) is 7.63. The molecular formula is C16H27NO3. The number of likely N-dealkylation sites (tertiary alicyclic amines) is 1. The molecule has 2 heterocycles. The summed E-state index contributed by atoms with van der Waals surface area (Å²) in [5, 5.41) is 20.4. The molecular weight excluding hydrogens is 254 g/mol. The summed E-state index contributed by atoms with van der Waals surface area (Å²) in [7, 11) is 0. The van der Waals surface area contributed by atoms with Gasteiger partial charge in [-0.1, -0.05) is 12.8 Å². The number of aliphatic hydroxyl groups excluding tert-OH is 1. The summed E-state index contributed by atoms with van der Waals surface area (Å²) >= 11 is 0. The van der Waals surface area contributed by atoms with Gasteiger partial charge >= 0.3 is 0 Å². The third kappa shape index (κ3) is 4.62. The van der Waals surface area contributed by atoms with Crippen LogP contribution in [0.15, 0.2) is 22.8 Å². The molecule has 114 valence electrons. The van der Waals surface area contributed by atoms with Gasteiger partial charge in [-0.2, -0.15) is 0 Å². The number of hydrogen-bond acceptors (Lipinski definition) is 4. The molecule has 0 spiro atoms.